The van der Waals surface area contributed by atoms with Crippen LogP contribution in [0.3, 0.4) is 0 Å². The normalized spacial score (nSPS) is 13.4. The second-order valence-corrected chi connectivity index (χ2v) is 6.83. The molecule has 0 atom stereocenters. The number of anilines is 1. The minimum Gasteiger partial charge on any atom is -0.374 e. The molecule has 0 bridgehead atoms. The van der Waals surface area contributed by atoms with E-state index >= 15 is 0 Å². The van der Waals surface area contributed by atoms with E-state index in [1.807, 2.05) is 18.0 Å². The summed E-state index contributed by atoms with van der Waals surface area (Å²) in [6.07, 6.45) is 2.76. The van der Waals surface area contributed by atoms with Gasteiger partial charge < -0.3 is 4.90 Å². The fraction of sp³-hybridized carbons (Fsp3) is 0.167. The smallest absolute Gasteiger partial charge is 0.153 e. The number of nitrogens with zero attached hydrogens (tertiary/aromatic N) is 2. The van der Waals surface area contributed by atoms with Crippen molar-refractivity contribution in [3.8, 4) is 20.9 Å². The number of pyridine rings is 1. The van der Waals surface area contributed by atoms with E-state index < -0.39 is 11.6 Å². The first kappa shape index (κ1) is 15.2. The average molecular weight is 346 g/mol. The zero-order valence-electron chi connectivity index (χ0n) is 12.8. The number of aromatic nitrogens is 1. The van der Waals surface area contributed by atoms with Crippen LogP contribution in [0.1, 0.15) is 5.56 Å². The molecule has 0 amide bonds. The van der Waals surface area contributed by atoms with Gasteiger partial charge in [-0.05, 0) is 36.2 Å². The third-order valence-electron chi connectivity index (χ3n) is 4.24. The lowest BCUT2D eigenvalue weighted by Gasteiger charge is -2.19. The topological polar surface area (TPSA) is 16.1 Å². The van der Waals surface area contributed by atoms with Crippen molar-refractivity contribution in [2.45, 2.75) is 6.42 Å². The third-order valence-corrected chi connectivity index (χ3v) is 5.47. The maximum atomic E-state index is 14.0. The molecule has 3 heterocycles. The van der Waals surface area contributed by atoms with Crippen LogP contribution in [-0.4, -0.2) is 18.6 Å². The summed E-state index contributed by atoms with van der Waals surface area (Å²) in [5.41, 5.74) is 2.64. The molecule has 1 aromatic carbocycles. The van der Waals surface area contributed by atoms with Crippen molar-refractivity contribution in [1.82, 2.24) is 4.98 Å². The van der Waals surface area contributed by atoms with E-state index in [2.05, 4.69) is 4.98 Å². The Bertz CT molecular complexity index is 916. The molecule has 122 valence electrons. The summed E-state index contributed by atoms with van der Waals surface area (Å²) in [4.78, 5) is 6.98. The highest BCUT2D eigenvalue weighted by molar-refractivity contribution is 7.19. The Hall–Kier alpha value is -2.34. The van der Waals surface area contributed by atoms with Gasteiger partial charge in [0, 0.05) is 34.6 Å². The lowest BCUT2D eigenvalue weighted by molar-refractivity contribution is 0.580. The minimum atomic E-state index is -0.678. The standard InChI is InChI=1S/C18H13F3N2S/c1-23-5-4-10-6-16(17-13(20)8-22-9-14(17)21)24-18(10)12-3-2-11(19)7-15(12)23/h2-3,6-9H,4-5H2,1H3. The number of thiophene rings is 1. The van der Waals surface area contributed by atoms with Crippen molar-refractivity contribution in [2.24, 2.45) is 0 Å². The quantitative estimate of drug-likeness (QED) is 0.624. The second-order valence-electron chi connectivity index (χ2n) is 5.78. The molecule has 6 heteroatoms. The Balaban J connectivity index is 1.92. The van der Waals surface area contributed by atoms with E-state index in [1.165, 1.54) is 23.5 Å². The molecule has 1 aliphatic rings. The van der Waals surface area contributed by atoms with E-state index in [9.17, 15) is 13.2 Å². The number of fused-ring (bicyclic) bond motifs is 3. The number of hydrogen-bond donors (Lipinski definition) is 0. The molecule has 24 heavy (non-hydrogen) atoms. The second kappa shape index (κ2) is 5.63. The number of likely N-dealkylation sites (N-methyl/N-ethyl adjacent to an activating group) is 1. The van der Waals surface area contributed by atoms with Crippen LogP contribution in [0.5, 0.6) is 0 Å². The molecule has 4 rings (SSSR count). The molecule has 2 nitrogen and oxygen atoms in total. The van der Waals surface area contributed by atoms with Gasteiger partial charge in [0.1, 0.15) is 5.82 Å². The van der Waals surface area contributed by atoms with Gasteiger partial charge in [0.15, 0.2) is 11.6 Å². The fourth-order valence-electron chi connectivity index (χ4n) is 3.03. The highest BCUT2D eigenvalue weighted by Crippen LogP contribution is 2.44. The molecule has 0 aliphatic carbocycles. The van der Waals surface area contributed by atoms with Gasteiger partial charge >= 0.3 is 0 Å². The minimum absolute atomic E-state index is 0.0555. The van der Waals surface area contributed by atoms with Crippen LogP contribution >= 0.6 is 11.3 Å². The van der Waals surface area contributed by atoms with Crippen LogP contribution in [0.15, 0.2) is 36.7 Å². The van der Waals surface area contributed by atoms with Crippen LogP contribution in [-0.2, 0) is 6.42 Å². The zero-order chi connectivity index (χ0) is 16.8. The van der Waals surface area contributed by atoms with Crippen LogP contribution < -0.4 is 4.90 Å². The third kappa shape index (κ3) is 2.38. The van der Waals surface area contributed by atoms with Crippen LogP contribution in [0.25, 0.3) is 20.9 Å². The molecule has 0 radical (unpaired) electrons. The molecule has 1 aliphatic heterocycles. The summed E-state index contributed by atoms with van der Waals surface area (Å²) < 4.78 is 41.7. The molecule has 0 saturated heterocycles. The van der Waals surface area contributed by atoms with Gasteiger partial charge in [-0.3, -0.25) is 4.98 Å². The van der Waals surface area contributed by atoms with E-state index in [1.54, 1.807) is 6.07 Å². The Morgan fingerprint density at radius 2 is 1.83 bits per heavy atom. The fourth-order valence-corrected chi connectivity index (χ4v) is 4.33. The first-order chi connectivity index (χ1) is 11.5. The predicted octanol–water partition coefficient (Wildman–Crippen LogP) is 4.89. The van der Waals surface area contributed by atoms with Gasteiger partial charge in [-0.15, -0.1) is 11.3 Å². The van der Waals surface area contributed by atoms with Crippen LogP contribution in [0.4, 0.5) is 18.9 Å². The Kier molecular flexibility index (Phi) is 3.57. The van der Waals surface area contributed by atoms with Crippen molar-refractivity contribution in [3.63, 3.8) is 0 Å². The molecule has 2 aromatic heterocycles. The monoisotopic (exact) mass is 346 g/mol. The number of halogens is 3. The predicted molar refractivity (Wildman–Crippen MR) is 89.8 cm³/mol. The SMILES string of the molecule is CN1CCc2cc(-c3c(F)cncc3F)sc2-c2ccc(F)cc21. The van der Waals surface area contributed by atoms with Crippen molar-refractivity contribution >= 4 is 17.0 Å². The van der Waals surface area contributed by atoms with Gasteiger partial charge in [-0.1, -0.05) is 0 Å². The average Bonchev–Trinajstić information content (AvgIpc) is 2.91. The van der Waals surface area contributed by atoms with E-state index in [0.29, 0.717) is 11.4 Å². The maximum Gasteiger partial charge on any atom is 0.153 e. The summed E-state index contributed by atoms with van der Waals surface area (Å²) in [5.74, 6) is -1.65. The van der Waals surface area contributed by atoms with Crippen molar-refractivity contribution in [3.05, 3.63) is 59.7 Å². The first-order valence-corrected chi connectivity index (χ1v) is 8.29. The molecular formula is C18H13F3N2S. The molecule has 0 fully saturated rings. The van der Waals surface area contributed by atoms with Crippen molar-refractivity contribution < 1.29 is 13.2 Å². The zero-order valence-corrected chi connectivity index (χ0v) is 13.6. The van der Waals surface area contributed by atoms with E-state index in [-0.39, 0.29) is 11.4 Å². The first-order valence-electron chi connectivity index (χ1n) is 7.47. The highest BCUT2D eigenvalue weighted by Gasteiger charge is 2.23. The number of benzene rings is 1. The van der Waals surface area contributed by atoms with E-state index in [4.69, 9.17) is 0 Å². The van der Waals surface area contributed by atoms with Crippen molar-refractivity contribution in [1.29, 1.82) is 0 Å². The van der Waals surface area contributed by atoms with Crippen LogP contribution in [0.2, 0.25) is 0 Å². The molecule has 0 saturated carbocycles. The van der Waals surface area contributed by atoms with Crippen molar-refractivity contribution in [2.75, 3.05) is 18.5 Å². The summed E-state index contributed by atoms with van der Waals surface area (Å²) in [6.45, 7) is 0.709. The van der Waals surface area contributed by atoms with Gasteiger partial charge in [0.05, 0.1) is 18.0 Å². The molecule has 0 unspecified atom stereocenters. The summed E-state index contributed by atoms with van der Waals surface area (Å²) in [6, 6.07) is 6.46. The van der Waals surface area contributed by atoms with Gasteiger partial charge in [0.25, 0.3) is 0 Å². The summed E-state index contributed by atoms with van der Waals surface area (Å²) >= 11 is 1.32. The van der Waals surface area contributed by atoms with Gasteiger partial charge in [-0.2, -0.15) is 0 Å². The summed E-state index contributed by atoms with van der Waals surface area (Å²) in [7, 11) is 1.91. The summed E-state index contributed by atoms with van der Waals surface area (Å²) in [5, 5.41) is 0. The number of hydrogen-bond acceptors (Lipinski definition) is 3. The molecular weight excluding hydrogens is 333 g/mol. The van der Waals surface area contributed by atoms with E-state index in [0.717, 1.165) is 40.5 Å². The molecule has 0 N–H and O–H groups in total. The lowest BCUT2D eigenvalue weighted by Crippen LogP contribution is -2.19. The lowest BCUT2D eigenvalue weighted by atomic mass is 10.1. The highest BCUT2D eigenvalue weighted by atomic mass is 32.1. The van der Waals surface area contributed by atoms with Gasteiger partial charge in [0.2, 0.25) is 0 Å². The van der Waals surface area contributed by atoms with Gasteiger partial charge in [-0.25, -0.2) is 13.2 Å². The Morgan fingerprint density at radius 1 is 1.08 bits per heavy atom. The molecule has 3 aromatic rings. The Morgan fingerprint density at radius 3 is 2.58 bits per heavy atom. The molecule has 0 spiro atoms. The Labute approximate surface area is 141 Å². The maximum absolute atomic E-state index is 14.0. The number of rotatable bonds is 1. The largest absolute Gasteiger partial charge is 0.374 e. The van der Waals surface area contributed by atoms with Crippen LogP contribution in [0, 0.1) is 17.5 Å².